The highest BCUT2D eigenvalue weighted by atomic mass is 35.5. The van der Waals surface area contributed by atoms with Gasteiger partial charge in [0.25, 0.3) is 0 Å². The molecule has 70 valence electrons. The van der Waals surface area contributed by atoms with E-state index in [1.807, 2.05) is 0 Å². The Bertz CT molecular complexity index is 183. The number of halogens is 1. The number of ether oxygens (including phenoxy) is 1. The average molecular weight is 192 g/mol. The van der Waals surface area contributed by atoms with Crippen LogP contribution in [0.15, 0.2) is 0 Å². The van der Waals surface area contributed by atoms with Gasteiger partial charge in [-0.3, -0.25) is 4.79 Å². The minimum absolute atomic E-state index is 0. The Kier molecular flexibility index (Phi) is 2.64. The van der Waals surface area contributed by atoms with Crippen molar-refractivity contribution in [3.63, 3.8) is 0 Å². The van der Waals surface area contributed by atoms with Crippen molar-refractivity contribution in [1.29, 1.82) is 0 Å². The van der Waals surface area contributed by atoms with Crippen LogP contribution in [0.1, 0.15) is 19.3 Å². The van der Waals surface area contributed by atoms with E-state index in [0.717, 1.165) is 19.4 Å². The van der Waals surface area contributed by atoms with Crippen LogP contribution in [0.4, 0.5) is 0 Å². The largest absolute Gasteiger partial charge is 0.469 e. The van der Waals surface area contributed by atoms with E-state index in [4.69, 9.17) is 0 Å². The first kappa shape index (κ1) is 9.81. The average Bonchev–Trinajstić information content (AvgIpc) is 1.81. The molecule has 2 rings (SSSR count). The molecule has 1 aliphatic carbocycles. The SMILES string of the molecule is COC(=O)C1CC2(CCN2)C1.Cl. The predicted octanol–water partition coefficient (Wildman–Crippen LogP) is 0.723. The van der Waals surface area contributed by atoms with Crippen LogP contribution in [0, 0.1) is 5.92 Å². The van der Waals surface area contributed by atoms with Gasteiger partial charge >= 0.3 is 5.97 Å². The maximum Gasteiger partial charge on any atom is 0.308 e. The Morgan fingerprint density at radius 1 is 1.58 bits per heavy atom. The maximum atomic E-state index is 11.0. The van der Waals surface area contributed by atoms with E-state index < -0.39 is 0 Å². The summed E-state index contributed by atoms with van der Waals surface area (Å²) in [5, 5.41) is 3.36. The summed E-state index contributed by atoms with van der Waals surface area (Å²) in [5.74, 6) is 0.136. The van der Waals surface area contributed by atoms with E-state index in [0.29, 0.717) is 5.54 Å². The van der Waals surface area contributed by atoms with E-state index >= 15 is 0 Å². The smallest absolute Gasteiger partial charge is 0.308 e. The van der Waals surface area contributed by atoms with E-state index in [2.05, 4.69) is 10.1 Å². The van der Waals surface area contributed by atoms with Gasteiger partial charge < -0.3 is 10.1 Å². The number of nitrogens with one attached hydrogen (secondary N) is 1. The lowest BCUT2D eigenvalue weighted by molar-refractivity contribution is -0.153. The van der Waals surface area contributed by atoms with Crippen molar-refractivity contribution in [2.45, 2.75) is 24.8 Å². The lowest BCUT2D eigenvalue weighted by atomic mass is 9.63. The van der Waals surface area contributed by atoms with Crippen LogP contribution in [0.5, 0.6) is 0 Å². The van der Waals surface area contributed by atoms with Crippen molar-refractivity contribution in [3.05, 3.63) is 0 Å². The molecule has 3 nitrogen and oxygen atoms in total. The second kappa shape index (κ2) is 3.23. The topological polar surface area (TPSA) is 38.3 Å². The first-order chi connectivity index (χ1) is 5.26. The van der Waals surface area contributed by atoms with Gasteiger partial charge in [0.15, 0.2) is 0 Å². The zero-order valence-corrected chi connectivity index (χ0v) is 7.95. The summed E-state index contributed by atoms with van der Waals surface area (Å²) in [6.07, 6.45) is 3.21. The molecule has 0 amide bonds. The normalized spacial score (nSPS) is 37.6. The second-order valence-corrected chi connectivity index (χ2v) is 3.59. The number of carbonyl (C=O) groups is 1. The molecule has 2 aliphatic rings. The van der Waals surface area contributed by atoms with Gasteiger partial charge in [0, 0.05) is 5.54 Å². The van der Waals surface area contributed by atoms with Crippen LogP contribution in [-0.2, 0) is 9.53 Å². The lowest BCUT2D eigenvalue weighted by Gasteiger charge is -2.53. The molecular formula is C8H14ClNO2. The van der Waals surface area contributed by atoms with Gasteiger partial charge in [-0.2, -0.15) is 0 Å². The monoisotopic (exact) mass is 191 g/mol. The van der Waals surface area contributed by atoms with Crippen molar-refractivity contribution < 1.29 is 9.53 Å². The Hall–Kier alpha value is -0.280. The zero-order valence-electron chi connectivity index (χ0n) is 7.13. The van der Waals surface area contributed by atoms with E-state index in [1.165, 1.54) is 13.5 Å². The van der Waals surface area contributed by atoms with Crippen LogP contribution in [0.2, 0.25) is 0 Å². The molecule has 0 aromatic rings. The van der Waals surface area contributed by atoms with Crippen molar-refractivity contribution in [2.75, 3.05) is 13.7 Å². The Labute approximate surface area is 78.3 Å². The highest BCUT2D eigenvalue weighted by Gasteiger charge is 2.51. The third-order valence-corrected chi connectivity index (χ3v) is 2.91. The fourth-order valence-electron chi connectivity index (χ4n) is 2.04. The van der Waals surface area contributed by atoms with Gasteiger partial charge in [-0.05, 0) is 25.8 Å². The minimum Gasteiger partial charge on any atom is -0.469 e. The van der Waals surface area contributed by atoms with Crippen molar-refractivity contribution in [3.8, 4) is 0 Å². The molecule has 1 heterocycles. The molecular weight excluding hydrogens is 178 g/mol. The van der Waals surface area contributed by atoms with Gasteiger partial charge in [0.2, 0.25) is 0 Å². The van der Waals surface area contributed by atoms with E-state index in [-0.39, 0.29) is 24.3 Å². The summed E-state index contributed by atoms with van der Waals surface area (Å²) in [5.41, 5.74) is 0.346. The molecule has 4 heteroatoms. The van der Waals surface area contributed by atoms with Crippen LogP contribution in [0.25, 0.3) is 0 Å². The molecule has 0 bridgehead atoms. The van der Waals surface area contributed by atoms with Crippen LogP contribution < -0.4 is 5.32 Å². The number of methoxy groups -OCH3 is 1. The number of rotatable bonds is 1. The molecule has 0 unspecified atom stereocenters. The van der Waals surface area contributed by atoms with Gasteiger partial charge in [0.05, 0.1) is 13.0 Å². The van der Waals surface area contributed by atoms with Gasteiger partial charge in [0.1, 0.15) is 0 Å². The first-order valence-corrected chi connectivity index (χ1v) is 4.09. The Balaban J connectivity index is 0.000000720. The van der Waals surface area contributed by atoms with E-state index in [1.54, 1.807) is 0 Å². The minimum atomic E-state index is -0.0377. The Morgan fingerprint density at radius 3 is 2.50 bits per heavy atom. The summed E-state index contributed by atoms with van der Waals surface area (Å²) >= 11 is 0. The van der Waals surface area contributed by atoms with Gasteiger partial charge in [-0.1, -0.05) is 0 Å². The summed E-state index contributed by atoms with van der Waals surface area (Å²) < 4.78 is 4.65. The summed E-state index contributed by atoms with van der Waals surface area (Å²) in [6, 6.07) is 0. The third kappa shape index (κ3) is 1.31. The summed E-state index contributed by atoms with van der Waals surface area (Å²) in [7, 11) is 1.46. The standard InChI is InChI=1S/C8H13NO2.ClH/c1-11-7(10)6-4-8(5-6)2-3-9-8;/h6,9H,2-5H2,1H3;1H. The fraction of sp³-hybridized carbons (Fsp3) is 0.875. The molecule has 12 heavy (non-hydrogen) atoms. The molecule has 0 atom stereocenters. The molecule has 0 aromatic carbocycles. The van der Waals surface area contributed by atoms with Gasteiger partial charge in [-0.15, -0.1) is 12.4 Å². The molecule has 0 aromatic heterocycles. The number of carbonyl (C=O) groups excluding carboxylic acids is 1. The summed E-state index contributed by atoms with van der Waals surface area (Å²) in [6.45, 7) is 1.12. The van der Waals surface area contributed by atoms with Crippen LogP contribution in [0.3, 0.4) is 0 Å². The molecule has 1 N–H and O–H groups in total. The molecule has 0 radical (unpaired) electrons. The molecule has 1 aliphatic heterocycles. The first-order valence-electron chi connectivity index (χ1n) is 4.09. The van der Waals surface area contributed by atoms with Gasteiger partial charge in [-0.25, -0.2) is 0 Å². The highest BCUT2D eigenvalue weighted by Crippen LogP contribution is 2.44. The number of hydrogen-bond acceptors (Lipinski definition) is 3. The molecule has 1 saturated carbocycles. The maximum absolute atomic E-state index is 11.0. The number of esters is 1. The molecule has 2 fully saturated rings. The lowest BCUT2D eigenvalue weighted by Crippen LogP contribution is -2.65. The third-order valence-electron chi connectivity index (χ3n) is 2.91. The van der Waals surface area contributed by atoms with Crippen molar-refractivity contribution >= 4 is 18.4 Å². The predicted molar refractivity (Wildman–Crippen MR) is 47.3 cm³/mol. The van der Waals surface area contributed by atoms with E-state index in [9.17, 15) is 4.79 Å². The summed E-state index contributed by atoms with van der Waals surface area (Å²) in [4.78, 5) is 11.0. The highest BCUT2D eigenvalue weighted by molar-refractivity contribution is 5.85. The molecule has 1 saturated heterocycles. The second-order valence-electron chi connectivity index (χ2n) is 3.59. The zero-order chi connectivity index (χ0) is 7.90. The Morgan fingerprint density at radius 2 is 2.17 bits per heavy atom. The molecule has 1 spiro atoms. The van der Waals surface area contributed by atoms with Crippen LogP contribution >= 0.6 is 12.4 Å². The van der Waals surface area contributed by atoms with Crippen molar-refractivity contribution in [2.24, 2.45) is 5.92 Å². The van der Waals surface area contributed by atoms with Crippen LogP contribution in [-0.4, -0.2) is 25.2 Å². The number of hydrogen-bond donors (Lipinski definition) is 1. The van der Waals surface area contributed by atoms with Crippen molar-refractivity contribution in [1.82, 2.24) is 5.32 Å². The fourth-order valence-corrected chi connectivity index (χ4v) is 2.04. The quantitative estimate of drug-likeness (QED) is 0.621.